The minimum Gasteiger partial charge on any atom is -0.339 e. The molecule has 1 aliphatic heterocycles. The predicted molar refractivity (Wildman–Crippen MR) is 110 cm³/mol. The summed E-state index contributed by atoms with van der Waals surface area (Å²) in [4.78, 5) is 39.4. The number of benzene rings is 1. The zero-order valence-corrected chi connectivity index (χ0v) is 16.6. The standard InChI is InChI=1S/C21H23N3O3S/c1-13-12-17(23-19(25)14-4-5-14)28-18(13)20(26)22-16-8-6-15(7-9-16)21(27)24-10-2-3-11-24/h6-9,12,14H,2-5,10-11H2,1H3,(H,22,26)(H,23,25). The lowest BCUT2D eigenvalue weighted by atomic mass is 10.2. The number of rotatable bonds is 5. The Morgan fingerprint density at radius 1 is 1.04 bits per heavy atom. The fraction of sp³-hybridized carbons (Fsp3) is 0.381. The molecule has 1 aromatic heterocycles. The quantitative estimate of drug-likeness (QED) is 0.803. The topological polar surface area (TPSA) is 78.5 Å². The number of carbonyl (C=O) groups is 3. The lowest BCUT2D eigenvalue weighted by Crippen LogP contribution is -2.27. The molecule has 1 saturated carbocycles. The molecule has 4 rings (SSSR count). The molecule has 1 saturated heterocycles. The predicted octanol–water partition coefficient (Wildman–Crippen LogP) is 3.89. The SMILES string of the molecule is Cc1cc(NC(=O)C2CC2)sc1C(=O)Nc1ccc(C(=O)N2CCCC2)cc1. The van der Waals surface area contributed by atoms with Gasteiger partial charge in [-0.15, -0.1) is 11.3 Å². The summed E-state index contributed by atoms with van der Waals surface area (Å²) in [6, 6.07) is 8.83. The van der Waals surface area contributed by atoms with Gasteiger partial charge in [-0.1, -0.05) is 0 Å². The molecule has 2 fully saturated rings. The largest absolute Gasteiger partial charge is 0.339 e. The van der Waals surface area contributed by atoms with E-state index in [1.165, 1.54) is 11.3 Å². The molecule has 146 valence electrons. The Morgan fingerprint density at radius 2 is 1.71 bits per heavy atom. The van der Waals surface area contributed by atoms with Crippen LogP contribution in [0.4, 0.5) is 10.7 Å². The maximum Gasteiger partial charge on any atom is 0.266 e. The van der Waals surface area contributed by atoms with Gasteiger partial charge in [0.05, 0.1) is 9.88 Å². The first-order chi connectivity index (χ1) is 13.5. The van der Waals surface area contributed by atoms with Gasteiger partial charge in [-0.05, 0) is 68.5 Å². The minimum absolute atomic E-state index is 0.0338. The number of nitrogens with zero attached hydrogens (tertiary/aromatic N) is 1. The molecule has 0 radical (unpaired) electrons. The number of anilines is 2. The van der Waals surface area contributed by atoms with Crippen LogP contribution in [0.5, 0.6) is 0 Å². The molecule has 6 nitrogen and oxygen atoms in total. The Morgan fingerprint density at radius 3 is 2.36 bits per heavy atom. The maximum atomic E-state index is 12.6. The third kappa shape index (κ3) is 4.09. The second-order valence-corrected chi connectivity index (χ2v) is 8.47. The third-order valence-electron chi connectivity index (χ3n) is 5.10. The van der Waals surface area contributed by atoms with Gasteiger partial charge in [0.1, 0.15) is 0 Å². The monoisotopic (exact) mass is 397 g/mol. The van der Waals surface area contributed by atoms with Gasteiger partial charge in [-0.2, -0.15) is 0 Å². The summed E-state index contributed by atoms with van der Waals surface area (Å²) < 4.78 is 0. The summed E-state index contributed by atoms with van der Waals surface area (Å²) in [6.45, 7) is 3.49. The highest BCUT2D eigenvalue weighted by molar-refractivity contribution is 7.18. The molecule has 2 heterocycles. The van der Waals surface area contributed by atoms with E-state index < -0.39 is 0 Å². The van der Waals surface area contributed by atoms with Crippen LogP contribution in [0.2, 0.25) is 0 Å². The summed E-state index contributed by atoms with van der Waals surface area (Å²) in [5.41, 5.74) is 2.10. The Bertz CT molecular complexity index is 909. The fourth-order valence-electron chi connectivity index (χ4n) is 3.32. The molecule has 2 aromatic rings. The van der Waals surface area contributed by atoms with Crippen LogP contribution >= 0.6 is 11.3 Å². The van der Waals surface area contributed by atoms with Crippen LogP contribution in [-0.4, -0.2) is 35.7 Å². The van der Waals surface area contributed by atoms with Crippen molar-refractivity contribution in [2.75, 3.05) is 23.7 Å². The molecule has 0 atom stereocenters. The normalized spacial score (nSPS) is 16.1. The van der Waals surface area contributed by atoms with Crippen molar-refractivity contribution in [3.63, 3.8) is 0 Å². The van der Waals surface area contributed by atoms with Crippen LogP contribution in [0, 0.1) is 12.8 Å². The van der Waals surface area contributed by atoms with E-state index >= 15 is 0 Å². The Hall–Kier alpha value is -2.67. The van der Waals surface area contributed by atoms with Gasteiger partial charge in [0.2, 0.25) is 5.91 Å². The molecule has 3 amide bonds. The highest BCUT2D eigenvalue weighted by Crippen LogP contribution is 2.33. The number of likely N-dealkylation sites (tertiary alicyclic amines) is 1. The van der Waals surface area contributed by atoms with E-state index in [1.807, 2.05) is 17.9 Å². The van der Waals surface area contributed by atoms with Gasteiger partial charge in [0, 0.05) is 30.3 Å². The summed E-state index contributed by atoms with van der Waals surface area (Å²) >= 11 is 1.28. The van der Waals surface area contributed by atoms with Gasteiger partial charge in [0.25, 0.3) is 11.8 Å². The van der Waals surface area contributed by atoms with E-state index in [1.54, 1.807) is 24.3 Å². The summed E-state index contributed by atoms with van der Waals surface area (Å²) in [7, 11) is 0. The molecule has 1 aromatic carbocycles. The number of hydrogen-bond donors (Lipinski definition) is 2. The van der Waals surface area contributed by atoms with E-state index in [2.05, 4.69) is 10.6 Å². The van der Waals surface area contributed by atoms with Gasteiger partial charge < -0.3 is 15.5 Å². The minimum atomic E-state index is -0.215. The van der Waals surface area contributed by atoms with Crippen molar-refractivity contribution in [1.82, 2.24) is 4.90 Å². The van der Waals surface area contributed by atoms with Crippen molar-refractivity contribution in [1.29, 1.82) is 0 Å². The van der Waals surface area contributed by atoms with Crippen LogP contribution in [0.25, 0.3) is 0 Å². The lowest BCUT2D eigenvalue weighted by Gasteiger charge is -2.15. The first-order valence-electron chi connectivity index (χ1n) is 9.63. The first kappa shape index (κ1) is 18.7. The molecule has 2 aliphatic rings. The van der Waals surface area contributed by atoms with Crippen LogP contribution in [0.3, 0.4) is 0 Å². The molecule has 0 bridgehead atoms. The van der Waals surface area contributed by atoms with Crippen LogP contribution < -0.4 is 10.6 Å². The molecule has 28 heavy (non-hydrogen) atoms. The van der Waals surface area contributed by atoms with E-state index in [-0.39, 0.29) is 23.6 Å². The third-order valence-corrected chi connectivity index (χ3v) is 6.25. The molecule has 0 spiro atoms. The maximum absolute atomic E-state index is 12.6. The van der Waals surface area contributed by atoms with Gasteiger partial charge in [-0.25, -0.2) is 0 Å². The highest BCUT2D eigenvalue weighted by atomic mass is 32.1. The molecule has 0 unspecified atom stereocenters. The average Bonchev–Trinajstić information content (AvgIpc) is 3.27. The van der Waals surface area contributed by atoms with Gasteiger partial charge >= 0.3 is 0 Å². The number of carbonyl (C=O) groups excluding carboxylic acids is 3. The lowest BCUT2D eigenvalue weighted by molar-refractivity contribution is -0.117. The number of hydrogen-bond acceptors (Lipinski definition) is 4. The second kappa shape index (κ2) is 7.75. The van der Waals surface area contributed by atoms with Crippen LogP contribution in [0.1, 0.15) is 51.3 Å². The number of aryl methyl sites for hydroxylation is 1. The fourth-order valence-corrected chi connectivity index (χ4v) is 4.30. The average molecular weight is 398 g/mol. The van der Waals surface area contributed by atoms with E-state index in [0.29, 0.717) is 21.1 Å². The Labute approximate surface area is 167 Å². The summed E-state index contributed by atoms with van der Waals surface area (Å²) in [5, 5.41) is 6.46. The van der Waals surface area contributed by atoms with Gasteiger partial charge in [-0.3, -0.25) is 14.4 Å². The Balaban J connectivity index is 1.39. The highest BCUT2D eigenvalue weighted by Gasteiger charge is 2.30. The molecule has 1 aliphatic carbocycles. The van der Waals surface area contributed by atoms with Crippen molar-refractivity contribution < 1.29 is 14.4 Å². The zero-order valence-electron chi connectivity index (χ0n) is 15.8. The smallest absolute Gasteiger partial charge is 0.266 e. The first-order valence-corrected chi connectivity index (χ1v) is 10.4. The molecule has 7 heteroatoms. The van der Waals surface area contributed by atoms with Crippen LogP contribution in [0.15, 0.2) is 30.3 Å². The van der Waals surface area contributed by atoms with Crippen molar-refractivity contribution in [2.45, 2.75) is 32.6 Å². The van der Waals surface area contributed by atoms with E-state index in [0.717, 1.165) is 44.3 Å². The van der Waals surface area contributed by atoms with Crippen molar-refractivity contribution in [3.8, 4) is 0 Å². The second-order valence-electron chi connectivity index (χ2n) is 7.42. The number of amides is 3. The zero-order chi connectivity index (χ0) is 19.7. The van der Waals surface area contributed by atoms with Crippen molar-refractivity contribution in [2.24, 2.45) is 5.92 Å². The number of thiophene rings is 1. The molecule has 2 N–H and O–H groups in total. The molecular weight excluding hydrogens is 374 g/mol. The van der Waals surface area contributed by atoms with E-state index in [4.69, 9.17) is 0 Å². The number of nitrogens with one attached hydrogen (secondary N) is 2. The van der Waals surface area contributed by atoms with E-state index in [9.17, 15) is 14.4 Å². The van der Waals surface area contributed by atoms with Crippen molar-refractivity contribution in [3.05, 3.63) is 46.3 Å². The van der Waals surface area contributed by atoms with Crippen molar-refractivity contribution >= 4 is 39.7 Å². The van der Waals surface area contributed by atoms with Crippen LogP contribution in [-0.2, 0) is 4.79 Å². The Kier molecular flexibility index (Phi) is 5.17. The molecular formula is C21H23N3O3S. The summed E-state index contributed by atoms with van der Waals surface area (Å²) in [5.74, 6) is -0.0125. The summed E-state index contributed by atoms with van der Waals surface area (Å²) in [6.07, 6.45) is 4.01. The van der Waals surface area contributed by atoms with Gasteiger partial charge in [0.15, 0.2) is 0 Å².